The van der Waals surface area contributed by atoms with Gasteiger partial charge in [0.2, 0.25) is 23.1 Å². The lowest BCUT2D eigenvalue weighted by atomic mass is 9.83. The van der Waals surface area contributed by atoms with Gasteiger partial charge in [-0.2, -0.15) is 0 Å². The maximum atomic E-state index is 12.5. The fourth-order valence-electron chi connectivity index (χ4n) is 2.29. The molecule has 0 N–H and O–H groups in total. The van der Waals surface area contributed by atoms with Gasteiger partial charge in [0, 0.05) is 11.1 Å². The van der Waals surface area contributed by atoms with Crippen molar-refractivity contribution in [3.63, 3.8) is 0 Å². The zero-order chi connectivity index (χ0) is 15.4. The Morgan fingerprint density at radius 3 is 2.05 bits per heavy atom. The lowest BCUT2D eigenvalue weighted by molar-refractivity contribution is -0.121. The van der Waals surface area contributed by atoms with Gasteiger partial charge in [-0.25, -0.2) is 0 Å². The van der Waals surface area contributed by atoms with Gasteiger partial charge < -0.3 is 9.47 Å². The van der Waals surface area contributed by atoms with Crippen LogP contribution in [0.2, 0.25) is 0 Å². The summed E-state index contributed by atoms with van der Waals surface area (Å²) in [6.07, 6.45) is 2.78. The highest BCUT2D eigenvalue weighted by molar-refractivity contribution is 6.23. The number of allylic oxidation sites excluding steroid dienone is 4. The first-order chi connectivity index (χ1) is 9.34. The highest BCUT2D eigenvalue weighted by Crippen LogP contribution is 2.31. The predicted octanol–water partition coefficient (Wildman–Crippen LogP) is 2.95. The van der Waals surface area contributed by atoms with Crippen LogP contribution in [-0.4, -0.2) is 25.8 Å². The largest absolute Gasteiger partial charge is 0.489 e. The standard InChI is InChI=1S/C16H22O4/c1-9(2)7-8-10(3)12-11(4)13(17)15(19-5)16(20-6)14(12)18/h7,10H,8H2,1-6H3. The van der Waals surface area contributed by atoms with Crippen LogP contribution < -0.4 is 0 Å². The third-order valence-corrected chi connectivity index (χ3v) is 3.39. The van der Waals surface area contributed by atoms with Crippen molar-refractivity contribution in [2.75, 3.05) is 14.2 Å². The van der Waals surface area contributed by atoms with Crippen molar-refractivity contribution in [3.8, 4) is 0 Å². The molecule has 0 aliphatic heterocycles. The summed E-state index contributed by atoms with van der Waals surface area (Å²) >= 11 is 0. The number of carbonyl (C=O) groups excluding carboxylic acids is 2. The van der Waals surface area contributed by atoms with Crippen molar-refractivity contribution in [2.45, 2.75) is 34.1 Å². The van der Waals surface area contributed by atoms with Crippen LogP contribution in [0.1, 0.15) is 34.1 Å². The minimum atomic E-state index is -0.275. The molecule has 0 bridgehead atoms. The number of Topliss-reactive ketones (excluding diaryl/α,β-unsaturated/α-hetero) is 2. The van der Waals surface area contributed by atoms with Crippen LogP contribution >= 0.6 is 0 Å². The lowest BCUT2D eigenvalue weighted by Gasteiger charge is -2.23. The summed E-state index contributed by atoms with van der Waals surface area (Å²) in [6.45, 7) is 7.62. The maximum Gasteiger partial charge on any atom is 0.228 e. The van der Waals surface area contributed by atoms with Gasteiger partial charge in [0.05, 0.1) is 14.2 Å². The highest BCUT2D eigenvalue weighted by atomic mass is 16.5. The van der Waals surface area contributed by atoms with E-state index in [9.17, 15) is 9.59 Å². The molecule has 110 valence electrons. The van der Waals surface area contributed by atoms with E-state index in [2.05, 4.69) is 6.08 Å². The summed E-state index contributed by atoms with van der Waals surface area (Å²) in [5.74, 6) is -0.570. The molecule has 1 aliphatic rings. The topological polar surface area (TPSA) is 52.6 Å². The SMILES string of the molecule is COC1=C(OC)C(=O)C(C(C)CC=C(C)C)=C(C)C1=O. The Labute approximate surface area is 120 Å². The van der Waals surface area contributed by atoms with E-state index in [0.29, 0.717) is 17.6 Å². The molecule has 1 aliphatic carbocycles. The van der Waals surface area contributed by atoms with Crippen molar-refractivity contribution in [1.82, 2.24) is 0 Å². The van der Waals surface area contributed by atoms with Gasteiger partial charge >= 0.3 is 0 Å². The molecule has 0 amide bonds. The smallest absolute Gasteiger partial charge is 0.228 e. The second-order valence-corrected chi connectivity index (χ2v) is 5.18. The van der Waals surface area contributed by atoms with Crippen LogP contribution in [0.3, 0.4) is 0 Å². The normalized spacial score (nSPS) is 17.3. The molecule has 1 rings (SSSR count). The van der Waals surface area contributed by atoms with Gasteiger partial charge in [0.15, 0.2) is 0 Å². The molecule has 1 atom stereocenters. The van der Waals surface area contributed by atoms with Crippen molar-refractivity contribution < 1.29 is 19.1 Å². The molecule has 4 nitrogen and oxygen atoms in total. The lowest BCUT2D eigenvalue weighted by Crippen LogP contribution is -2.27. The third kappa shape index (κ3) is 3.00. The van der Waals surface area contributed by atoms with Crippen LogP contribution in [0, 0.1) is 5.92 Å². The summed E-state index contributed by atoms with van der Waals surface area (Å²) in [4.78, 5) is 24.7. The monoisotopic (exact) mass is 278 g/mol. The average molecular weight is 278 g/mol. The van der Waals surface area contributed by atoms with Crippen molar-refractivity contribution in [2.24, 2.45) is 5.92 Å². The quantitative estimate of drug-likeness (QED) is 0.573. The van der Waals surface area contributed by atoms with Gasteiger partial charge in [-0.3, -0.25) is 9.59 Å². The van der Waals surface area contributed by atoms with Crippen LogP contribution in [-0.2, 0) is 19.1 Å². The molecule has 0 radical (unpaired) electrons. The Hall–Kier alpha value is -1.84. The van der Waals surface area contributed by atoms with E-state index in [1.54, 1.807) is 6.92 Å². The number of ether oxygens (including phenoxy) is 2. The van der Waals surface area contributed by atoms with Crippen molar-refractivity contribution >= 4 is 11.6 Å². The number of rotatable bonds is 5. The van der Waals surface area contributed by atoms with E-state index in [0.717, 1.165) is 0 Å². The summed E-state index contributed by atoms with van der Waals surface area (Å²) in [5.41, 5.74) is 2.15. The van der Waals surface area contributed by atoms with Crippen LogP contribution in [0.4, 0.5) is 0 Å². The number of hydrogen-bond donors (Lipinski definition) is 0. The number of methoxy groups -OCH3 is 2. The molecule has 0 heterocycles. The summed E-state index contributed by atoms with van der Waals surface area (Å²) in [5, 5.41) is 0. The molecule has 0 spiro atoms. The van der Waals surface area contributed by atoms with E-state index in [1.807, 2.05) is 20.8 Å². The van der Waals surface area contributed by atoms with Gasteiger partial charge in [-0.05, 0) is 33.1 Å². The molecule has 0 saturated heterocycles. The van der Waals surface area contributed by atoms with Gasteiger partial charge in [-0.1, -0.05) is 18.6 Å². The van der Waals surface area contributed by atoms with Crippen molar-refractivity contribution in [1.29, 1.82) is 0 Å². The van der Waals surface area contributed by atoms with E-state index < -0.39 is 0 Å². The van der Waals surface area contributed by atoms with E-state index in [1.165, 1.54) is 19.8 Å². The zero-order valence-corrected chi connectivity index (χ0v) is 13.0. The summed E-state index contributed by atoms with van der Waals surface area (Å²) in [7, 11) is 2.74. The fraction of sp³-hybridized carbons (Fsp3) is 0.500. The molecule has 4 heteroatoms. The molecule has 1 unspecified atom stereocenters. The Bertz CT molecular complexity index is 517. The van der Waals surface area contributed by atoms with Gasteiger partial charge in [0.25, 0.3) is 0 Å². The van der Waals surface area contributed by atoms with E-state index >= 15 is 0 Å². The first-order valence-electron chi connectivity index (χ1n) is 6.60. The van der Waals surface area contributed by atoms with Gasteiger partial charge in [0.1, 0.15) is 0 Å². The number of hydrogen-bond acceptors (Lipinski definition) is 4. The Balaban J connectivity index is 3.21. The van der Waals surface area contributed by atoms with Crippen LogP contribution in [0.15, 0.2) is 34.3 Å². The molecule has 0 aromatic rings. The fourth-order valence-corrected chi connectivity index (χ4v) is 2.29. The minimum absolute atomic E-state index is 0.00199. The number of carbonyl (C=O) groups is 2. The Kier molecular flexibility index (Phi) is 5.31. The minimum Gasteiger partial charge on any atom is -0.489 e. The van der Waals surface area contributed by atoms with Gasteiger partial charge in [-0.15, -0.1) is 0 Å². The first kappa shape index (κ1) is 16.2. The third-order valence-electron chi connectivity index (χ3n) is 3.39. The van der Waals surface area contributed by atoms with Crippen LogP contribution in [0.5, 0.6) is 0 Å². The molecule has 0 fully saturated rings. The Morgan fingerprint density at radius 1 is 1.10 bits per heavy atom. The zero-order valence-electron chi connectivity index (χ0n) is 13.0. The van der Waals surface area contributed by atoms with Crippen molar-refractivity contribution in [3.05, 3.63) is 34.3 Å². The van der Waals surface area contributed by atoms with E-state index in [-0.39, 0.29) is 29.0 Å². The van der Waals surface area contributed by atoms with E-state index in [4.69, 9.17) is 9.47 Å². The number of ketones is 2. The molecular weight excluding hydrogens is 256 g/mol. The molecule has 0 aromatic heterocycles. The summed E-state index contributed by atoms with van der Waals surface area (Å²) < 4.78 is 10.1. The molecule has 0 aromatic carbocycles. The second kappa shape index (κ2) is 6.55. The van der Waals surface area contributed by atoms with Crippen LogP contribution in [0.25, 0.3) is 0 Å². The second-order valence-electron chi connectivity index (χ2n) is 5.18. The summed E-state index contributed by atoms with van der Waals surface area (Å²) in [6, 6.07) is 0. The molecule has 0 saturated carbocycles. The molecule has 20 heavy (non-hydrogen) atoms. The average Bonchev–Trinajstić information content (AvgIpc) is 2.40. The highest BCUT2D eigenvalue weighted by Gasteiger charge is 2.36. The molecular formula is C16H22O4. The predicted molar refractivity (Wildman–Crippen MR) is 77.0 cm³/mol. The first-order valence-corrected chi connectivity index (χ1v) is 6.60. The Morgan fingerprint density at radius 2 is 1.60 bits per heavy atom. The maximum absolute atomic E-state index is 12.5.